The Morgan fingerprint density at radius 2 is 2.10 bits per heavy atom. The number of amides is 1. The molecule has 2 aromatic rings. The smallest absolute Gasteiger partial charge is 0.414 e. The maximum Gasteiger partial charge on any atom is 0.414 e. The predicted octanol–water partition coefficient (Wildman–Crippen LogP) is 1.29. The molecule has 0 aliphatic carbocycles. The van der Waals surface area contributed by atoms with E-state index in [4.69, 9.17) is 9.84 Å². The average Bonchev–Trinajstić information content (AvgIpc) is 3.06. The zero-order valence-electron chi connectivity index (χ0n) is 10.6. The fourth-order valence-corrected chi connectivity index (χ4v) is 2.07. The van der Waals surface area contributed by atoms with Gasteiger partial charge >= 0.3 is 6.09 Å². The number of hydrogen-bond acceptors (Lipinski definition) is 5. The minimum atomic E-state index is -1.14. The molecule has 1 aliphatic rings. The molecule has 21 heavy (non-hydrogen) atoms. The van der Waals surface area contributed by atoms with Gasteiger partial charge in [0.15, 0.2) is 17.4 Å². The zero-order valence-corrected chi connectivity index (χ0v) is 10.6. The van der Waals surface area contributed by atoms with Gasteiger partial charge in [-0.1, -0.05) is 5.21 Å². The highest BCUT2D eigenvalue weighted by atomic mass is 19.1. The minimum Gasteiger partial charge on any atom is -0.503 e. The summed E-state index contributed by atoms with van der Waals surface area (Å²) < 4.78 is 33.3. The first-order valence-corrected chi connectivity index (χ1v) is 6.05. The number of phenolic OH excluding ortho intramolecular Hbond substituents is 1. The van der Waals surface area contributed by atoms with E-state index in [-0.39, 0.29) is 18.8 Å². The molecule has 1 aromatic heterocycles. The number of nitrogens with zero attached hydrogens (tertiary/aromatic N) is 4. The van der Waals surface area contributed by atoms with Crippen LogP contribution in [0.25, 0.3) is 0 Å². The van der Waals surface area contributed by atoms with Gasteiger partial charge in [0.25, 0.3) is 0 Å². The first-order chi connectivity index (χ1) is 10.0. The zero-order chi connectivity index (χ0) is 15.0. The summed E-state index contributed by atoms with van der Waals surface area (Å²) in [6, 6.07) is 1.75. The van der Waals surface area contributed by atoms with Crippen molar-refractivity contribution in [1.29, 1.82) is 0 Å². The molecule has 0 bridgehead atoms. The van der Waals surface area contributed by atoms with Gasteiger partial charge in [-0.25, -0.2) is 18.3 Å². The largest absolute Gasteiger partial charge is 0.503 e. The second-order valence-corrected chi connectivity index (χ2v) is 4.50. The molecule has 9 heteroatoms. The third kappa shape index (κ3) is 2.49. The predicted molar refractivity (Wildman–Crippen MR) is 65.7 cm³/mol. The van der Waals surface area contributed by atoms with Crippen molar-refractivity contribution >= 4 is 11.8 Å². The second kappa shape index (κ2) is 5.00. The summed E-state index contributed by atoms with van der Waals surface area (Å²) in [5, 5.41) is 16.4. The number of carbonyl (C=O) groups is 1. The van der Waals surface area contributed by atoms with Crippen molar-refractivity contribution in [3.05, 3.63) is 36.2 Å². The Kier molecular flexibility index (Phi) is 3.16. The summed E-state index contributed by atoms with van der Waals surface area (Å²) in [6.45, 7) is 0.396. The number of rotatable bonds is 3. The molecular formula is C12H10F2N4O3. The monoisotopic (exact) mass is 296 g/mol. The number of halogens is 2. The van der Waals surface area contributed by atoms with Crippen LogP contribution in [0.1, 0.15) is 0 Å². The Labute approximate surface area is 117 Å². The number of aromatic nitrogens is 3. The Morgan fingerprint density at radius 3 is 2.71 bits per heavy atom. The molecule has 7 nitrogen and oxygen atoms in total. The third-order valence-corrected chi connectivity index (χ3v) is 3.05. The van der Waals surface area contributed by atoms with Crippen molar-refractivity contribution < 1.29 is 23.4 Å². The van der Waals surface area contributed by atoms with Crippen LogP contribution in [0.4, 0.5) is 19.3 Å². The molecule has 1 saturated heterocycles. The topological polar surface area (TPSA) is 80.5 Å². The number of ether oxygens (including phenoxy) is 1. The van der Waals surface area contributed by atoms with Gasteiger partial charge in [0.1, 0.15) is 6.10 Å². The number of aromatic hydroxyl groups is 1. The van der Waals surface area contributed by atoms with E-state index in [2.05, 4.69) is 10.3 Å². The van der Waals surface area contributed by atoms with Crippen molar-refractivity contribution in [2.24, 2.45) is 0 Å². The van der Waals surface area contributed by atoms with Crippen molar-refractivity contribution in [3.8, 4) is 5.75 Å². The highest BCUT2D eigenvalue weighted by molar-refractivity contribution is 5.89. The highest BCUT2D eigenvalue weighted by Crippen LogP contribution is 2.29. The van der Waals surface area contributed by atoms with Gasteiger partial charge in [0.2, 0.25) is 0 Å². The lowest BCUT2D eigenvalue weighted by Gasteiger charge is -2.13. The average molecular weight is 296 g/mol. The van der Waals surface area contributed by atoms with Gasteiger partial charge in [-0.3, -0.25) is 4.90 Å². The van der Waals surface area contributed by atoms with Gasteiger partial charge in [0.05, 0.1) is 25.0 Å². The number of cyclic esters (lactones) is 1. The molecule has 2 heterocycles. The standard InChI is InChI=1S/C12H10F2N4O3/c13-9-3-7(4-10(14)11(9)19)18-6-8(21-12(18)20)5-17-2-1-15-16-17/h1-4,8,19H,5-6H2/t8-/m0/s1. The first kappa shape index (κ1) is 13.3. The quantitative estimate of drug-likeness (QED) is 0.923. The van der Waals surface area contributed by atoms with E-state index >= 15 is 0 Å². The number of anilines is 1. The molecule has 0 unspecified atom stereocenters. The first-order valence-electron chi connectivity index (χ1n) is 6.05. The van der Waals surface area contributed by atoms with Crippen molar-refractivity contribution in [3.63, 3.8) is 0 Å². The summed E-state index contributed by atoms with van der Waals surface area (Å²) >= 11 is 0. The van der Waals surface area contributed by atoms with Gasteiger partial charge in [0, 0.05) is 18.3 Å². The third-order valence-electron chi connectivity index (χ3n) is 3.05. The molecule has 110 valence electrons. The van der Waals surface area contributed by atoms with Crippen LogP contribution in [0.5, 0.6) is 5.75 Å². The highest BCUT2D eigenvalue weighted by Gasteiger charge is 2.33. The fourth-order valence-electron chi connectivity index (χ4n) is 2.07. The van der Waals surface area contributed by atoms with Gasteiger partial charge < -0.3 is 9.84 Å². The van der Waals surface area contributed by atoms with Crippen LogP contribution >= 0.6 is 0 Å². The molecule has 0 radical (unpaired) electrons. The maximum atomic E-state index is 13.3. The lowest BCUT2D eigenvalue weighted by atomic mass is 10.2. The van der Waals surface area contributed by atoms with Crippen LogP contribution in [0.2, 0.25) is 0 Å². The molecule has 1 aromatic carbocycles. The summed E-state index contributed by atoms with van der Waals surface area (Å²) in [6.07, 6.45) is 1.86. The van der Waals surface area contributed by atoms with E-state index in [0.717, 1.165) is 17.0 Å². The van der Waals surface area contributed by atoms with E-state index in [9.17, 15) is 13.6 Å². The molecular weight excluding hydrogens is 286 g/mol. The lowest BCUT2D eigenvalue weighted by Crippen LogP contribution is -2.26. The van der Waals surface area contributed by atoms with Crippen LogP contribution < -0.4 is 4.90 Å². The summed E-state index contributed by atoms with van der Waals surface area (Å²) in [4.78, 5) is 12.9. The normalized spacial score (nSPS) is 18.1. The number of hydrogen-bond donors (Lipinski definition) is 1. The van der Waals surface area contributed by atoms with E-state index in [1.807, 2.05) is 0 Å². The Balaban J connectivity index is 1.79. The Hall–Kier alpha value is -2.71. The molecule has 1 N–H and O–H groups in total. The second-order valence-electron chi connectivity index (χ2n) is 4.50. The lowest BCUT2D eigenvalue weighted by molar-refractivity contribution is 0.129. The van der Waals surface area contributed by atoms with E-state index < -0.39 is 29.6 Å². The van der Waals surface area contributed by atoms with Crippen LogP contribution in [-0.2, 0) is 11.3 Å². The minimum absolute atomic E-state index is 0.0195. The molecule has 1 aliphatic heterocycles. The number of carbonyl (C=O) groups excluding carboxylic acids is 1. The fraction of sp³-hybridized carbons (Fsp3) is 0.250. The Morgan fingerprint density at radius 1 is 1.38 bits per heavy atom. The van der Waals surface area contributed by atoms with Crippen molar-refractivity contribution in [2.75, 3.05) is 11.4 Å². The van der Waals surface area contributed by atoms with E-state index in [1.54, 1.807) is 6.20 Å². The summed E-state index contributed by atoms with van der Waals surface area (Å²) in [5.74, 6) is -3.36. The van der Waals surface area contributed by atoms with E-state index in [0.29, 0.717) is 0 Å². The number of phenols is 1. The van der Waals surface area contributed by atoms with Gasteiger partial charge in [-0.2, -0.15) is 0 Å². The summed E-state index contributed by atoms with van der Waals surface area (Å²) in [5.41, 5.74) is -0.0195. The van der Waals surface area contributed by atoms with Crippen LogP contribution in [0, 0.1) is 11.6 Å². The van der Waals surface area contributed by atoms with Crippen LogP contribution in [0.3, 0.4) is 0 Å². The number of benzene rings is 1. The SMILES string of the molecule is O=C1O[C@@H](Cn2ccnn2)CN1c1cc(F)c(O)c(F)c1. The Bertz CT molecular complexity index is 654. The van der Waals surface area contributed by atoms with Crippen LogP contribution in [0.15, 0.2) is 24.5 Å². The van der Waals surface area contributed by atoms with Gasteiger partial charge in [-0.05, 0) is 0 Å². The van der Waals surface area contributed by atoms with Gasteiger partial charge in [-0.15, -0.1) is 5.10 Å². The molecule has 3 rings (SSSR count). The van der Waals surface area contributed by atoms with E-state index in [1.165, 1.54) is 10.9 Å². The maximum absolute atomic E-state index is 13.3. The summed E-state index contributed by atoms with van der Waals surface area (Å²) in [7, 11) is 0. The van der Waals surface area contributed by atoms with Crippen molar-refractivity contribution in [1.82, 2.24) is 15.0 Å². The van der Waals surface area contributed by atoms with Crippen LogP contribution in [-0.4, -0.2) is 38.8 Å². The molecule has 0 saturated carbocycles. The molecule has 1 atom stereocenters. The molecule has 1 fully saturated rings. The molecule has 1 amide bonds. The van der Waals surface area contributed by atoms with Crippen molar-refractivity contribution in [2.45, 2.75) is 12.6 Å². The molecule has 0 spiro atoms.